The minimum Gasteiger partial charge on any atom is -0.381 e. The Labute approximate surface area is 137 Å². The van der Waals surface area contributed by atoms with Crippen molar-refractivity contribution in [2.75, 3.05) is 19.8 Å². The number of halogens is 1. The lowest BCUT2D eigenvalue weighted by molar-refractivity contribution is 0.0975. The largest absolute Gasteiger partial charge is 0.381 e. The molecular formula is C18H28BrNO. The van der Waals surface area contributed by atoms with Crippen LogP contribution in [0.5, 0.6) is 0 Å². The molecule has 1 aliphatic rings. The van der Waals surface area contributed by atoms with Gasteiger partial charge in [-0.15, -0.1) is 0 Å². The van der Waals surface area contributed by atoms with Crippen LogP contribution in [0, 0.1) is 11.8 Å². The molecule has 1 aliphatic carbocycles. The maximum Gasteiger partial charge on any atom is 0.0488 e. The van der Waals surface area contributed by atoms with Crippen LogP contribution < -0.4 is 5.32 Å². The first kappa shape index (κ1) is 17.0. The van der Waals surface area contributed by atoms with Gasteiger partial charge in [0.05, 0.1) is 0 Å². The van der Waals surface area contributed by atoms with Crippen LogP contribution in [0.25, 0.3) is 0 Å². The van der Waals surface area contributed by atoms with Crippen LogP contribution in [0.3, 0.4) is 0 Å². The van der Waals surface area contributed by atoms with E-state index in [4.69, 9.17) is 4.74 Å². The first-order valence-corrected chi connectivity index (χ1v) is 8.99. The second kappa shape index (κ2) is 8.92. The van der Waals surface area contributed by atoms with E-state index in [0.717, 1.165) is 38.6 Å². The van der Waals surface area contributed by atoms with E-state index < -0.39 is 0 Å². The Morgan fingerprint density at radius 2 is 2.05 bits per heavy atom. The first-order valence-electron chi connectivity index (χ1n) is 8.19. The van der Waals surface area contributed by atoms with Crippen molar-refractivity contribution in [3.8, 4) is 0 Å². The fourth-order valence-corrected chi connectivity index (χ4v) is 2.89. The standard InChI is InChI=1S/C18H28BrNO/c1-14(2)13-21-10-9-15(12-20-17-7-8-17)11-16-5-3-4-6-18(16)19/h3-6,14-15,17,20H,7-13H2,1-2H3. The zero-order valence-corrected chi connectivity index (χ0v) is 14.9. The molecule has 1 saturated carbocycles. The average Bonchev–Trinajstić information content (AvgIpc) is 3.26. The van der Waals surface area contributed by atoms with E-state index in [1.54, 1.807) is 0 Å². The van der Waals surface area contributed by atoms with Gasteiger partial charge in [-0.1, -0.05) is 48.0 Å². The highest BCUT2D eigenvalue weighted by Crippen LogP contribution is 2.23. The van der Waals surface area contributed by atoms with Crippen LogP contribution in [-0.4, -0.2) is 25.8 Å². The molecule has 2 rings (SSSR count). The molecule has 0 saturated heterocycles. The lowest BCUT2D eigenvalue weighted by Crippen LogP contribution is -2.27. The van der Waals surface area contributed by atoms with Gasteiger partial charge in [0, 0.05) is 23.7 Å². The Bertz CT molecular complexity index is 417. The Morgan fingerprint density at radius 1 is 1.29 bits per heavy atom. The van der Waals surface area contributed by atoms with E-state index in [1.165, 1.54) is 22.9 Å². The number of rotatable bonds is 10. The van der Waals surface area contributed by atoms with E-state index in [9.17, 15) is 0 Å². The van der Waals surface area contributed by atoms with Crippen LogP contribution in [0.2, 0.25) is 0 Å². The smallest absolute Gasteiger partial charge is 0.0488 e. The minimum absolute atomic E-state index is 0.622. The number of nitrogens with one attached hydrogen (secondary N) is 1. The normalized spacial score (nSPS) is 16.4. The first-order chi connectivity index (χ1) is 10.1. The Hall–Kier alpha value is -0.380. The fraction of sp³-hybridized carbons (Fsp3) is 0.667. The summed E-state index contributed by atoms with van der Waals surface area (Å²) in [4.78, 5) is 0. The van der Waals surface area contributed by atoms with Gasteiger partial charge < -0.3 is 10.1 Å². The molecule has 0 aromatic heterocycles. The molecule has 2 nitrogen and oxygen atoms in total. The lowest BCUT2D eigenvalue weighted by atomic mass is 9.96. The maximum absolute atomic E-state index is 5.78. The van der Waals surface area contributed by atoms with Gasteiger partial charge in [-0.25, -0.2) is 0 Å². The van der Waals surface area contributed by atoms with E-state index >= 15 is 0 Å². The Kier molecular flexibility index (Phi) is 7.21. The summed E-state index contributed by atoms with van der Waals surface area (Å²) in [6.45, 7) is 7.26. The van der Waals surface area contributed by atoms with Gasteiger partial charge >= 0.3 is 0 Å². The second-order valence-corrected chi connectivity index (χ2v) is 7.46. The highest BCUT2D eigenvalue weighted by Gasteiger charge is 2.22. The summed E-state index contributed by atoms with van der Waals surface area (Å²) in [5.74, 6) is 1.27. The third-order valence-electron chi connectivity index (χ3n) is 3.86. The number of benzene rings is 1. The van der Waals surface area contributed by atoms with Crippen molar-refractivity contribution in [2.45, 2.75) is 45.6 Å². The van der Waals surface area contributed by atoms with Crippen molar-refractivity contribution in [1.82, 2.24) is 5.32 Å². The highest BCUT2D eigenvalue weighted by molar-refractivity contribution is 9.10. The Morgan fingerprint density at radius 3 is 2.71 bits per heavy atom. The molecule has 1 fully saturated rings. The topological polar surface area (TPSA) is 21.3 Å². The van der Waals surface area contributed by atoms with Crippen molar-refractivity contribution in [2.24, 2.45) is 11.8 Å². The van der Waals surface area contributed by atoms with E-state index in [-0.39, 0.29) is 0 Å². The van der Waals surface area contributed by atoms with Crippen LogP contribution in [0.4, 0.5) is 0 Å². The second-order valence-electron chi connectivity index (χ2n) is 6.60. The van der Waals surface area contributed by atoms with Gasteiger partial charge in [0.15, 0.2) is 0 Å². The molecule has 1 N–H and O–H groups in total. The number of ether oxygens (including phenoxy) is 1. The molecule has 0 bridgehead atoms. The monoisotopic (exact) mass is 353 g/mol. The minimum atomic E-state index is 0.622. The lowest BCUT2D eigenvalue weighted by Gasteiger charge is -2.19. The number of hydrogen-bond acceptors (Lipinski definition) is 2. The molecule has 1 atom stereocenters. The molecule has 1 aromatic carbocycles. The Balaban J connectivity index is 1.80. The fourth-order valence-electron chi connectivity index (χ4n) is 2.44. The SMILES string of the molecule is CC(C)COCCC(CNC1CC1)Cc1ccccc1Br. The van der Waals surface area contributed by atoms with Crippen molar-refractivity contribution < 1.29 is 4.74 Å². The summed E-state index contributed by atoms with van der Waals surface area (Å²) >= 11 is 3.67. The molecule has 1 unspecified atom stereocenters. The van der Waals surface area contributed by atoms with Crippen LogP contribution in [-0.2, 0) is 11.2 Å². The zero-order chi connectivity index (χ0) is 15.1. The molecule has 118 valence electrons. The zero-order valence-electron chi connectivity index (χ0n) is 13.3. The molecule has 0 radical (unpaired) electrons. The van der Waals surface area contributed by atoms with Gasteiger partial charge in [0.25, 0.3) is 0 Å². The van der Waals surface area contributed by atoms with E-state index in [1.807, 2.05) is 0 Å². The quantitative estimate of drug-likeness (QED) is 0.628. The average molecular weight is 354 g/mol. The summed E-state index contributed by atoms with van der Waals surface area (Å²) < 4.78 is 7.00. The predicted octanol–water partition coefficient (Wildman–Crippen LogP) is 4.42. The molecule has 1 aromatic rings. The van der Waals surface area contributed by atoms with Gasteiger partial charge in [0.2, 0.25) is 0 Å². The molecule has 3 heteroatoms. The van der Waals surface area contributed by atoms with Gasteiger partial charge in [0.1, 0.15) is 0 Å². The van der Waals surface area contributed by atoms with Crippen LogP contribution in [0.15, 0.2) is 28.7 Å². The van der Waals surface area contributed by atoms with Crippen molar-refractivity contribution >= 4 is 15.9 Å². The van der Waals surface area contributed by atoms with Crippen molar-refractivity contribution in [3.05, 3.63) is 34.3 Å². The molecule has 0 amide bonds. The van der Waals surface area contributed by atoms with Gasteiger partial charge in [-0.05, 0) is 55.7 Å². The summed E-state index contributed by atoms with van der Waals surface area (Å²) in [7, 11) is 0. The predicted molar refractivity (Wildman–Crippen MR) is 92.6 cm³/mol. The molecule has 0 spiro atoms. The van der Waals surface area contributed by atoms with E-state index in [2.05, 4.69) is 59.4 Å². The third kappa shape index (κ3) is 6.94. The molecule has 21 heavy (non-hydrogen) atoms. The third-order valence-corrected chi connectivity index (χ3v) is 4.63. The van der Waals surface area contributed by atoms with Crippen molar-refractivity contribution in [3.63, 3.8) is 0 Å². The van der Waals surface area contributed by atoms with Crippen LogP contribution >= 0.6 is 15.9 Å². The summed E-state index contributed by atoms with van der Waals surface area (Å²) in [5.41, 5.74) is 1.41. The van der Waals surface area contributed by atoms with E-state index in [0.29, 0.717) is 11.8 Å². The summed E-state index contributed by atoms with van der Waals surface area (Å²) in [6.07, 6.45) is 4.96. The molecule has 0 heterocycles. The number of hydrogen-bond donors (Lipinski definition) is 1. The van der Waals surface area contributed by atoms with Crippen molar-refractivity contribution in [1.29, 1.82) is 0 Å². The van der Waals surface area contributed by atoms with Gasteiger partial charge in [-0.3, -0.25) is 0 Å². The maximum atomic E-state index is 5.78. The summed E-state index contributed by atoms with van der Waals surface area (Å²) in [6, 6.07) is 9.35. The highest BCUT2D eigenvalue weighted by atomic mass is 79.9. The van der Waals surface area contributed by atoms with Crippen LogP contribution in [0.1, 0.15) is 38.7 Å². The molecule has 0 aliphatic heterocycles. The molecular weight excluding hydrogens is 326 g/mol. The van der Waals surface area contributed by atoms with Gasteiger partial charge in [-0.2, -0.15) is 0 Å². The summed E-state index contributed by atoms with van der Waals surface area (Å²) in [5, 5.41) is 3.68.